The first-order chi connectivity index (χ1) is 4.27. The molecule has 0 aliphatic heterocycles. The molecular weight excluding hydrogens is 116 g/mol. The highest BCUT2D eigenvalue weighted by molar-refractivity contribution is 4.49. The van der Waals surface area contributed by atoms with Gasteiger partial charge in [-0.2, -0.15) is 5.26 Å². The van der Waals surface area contributed by atoms with E-state index in [1.54, 1.807) is 6.26 Å². The first-order valence-electron chi connectivity index (χ1n) is 2.93. The maximum atomic E-state index is 7.95. The van der Waals surface area contributed by atoms with Crippen molar-refractivity contribution >= 4 is 0 Å². The van der Waals surface area contributed by atoms with Gasteiger partial charge in [0.05, 0.1) is 0 Å². The Bertz CT molecular complexity index is 95.7. The Morgan fingerprint density at radius 3 is 2.67 bits per heavy atom. The van der Waals surface area contributed by atoms with Crippen LogP contribution in [0.3, 0.4) is 0 Å². The Balaban J connectivity index is 2.85. The zero-order chi connectivity index (χ0) is 7.11. The maximum Gasteiger partial charge on any atom is 0.286 e. The van der Waals surface area contributed by atoms with Crippen molar-refractivity contribution in [2.24, 2.45) is 0 Å². The van der Waals surface area contributed by atoms with Crippen molar-refractivity contribution in [1.82, 2.24) is 4.90 Å². The maximum absolute atomic E-state index is 7.95. The summed E-state index contributed by atoms with van der Waals surface area (Å²) < 4.78 is 4.46. The Hall–Kier alpha value is -0.750. The minimum atomic E-state index is 0.536. The van der Waals surface area contributed by atoms with Gasteiger partial charge in [0.25, 0.3) is 6.26 Å². The average molecular weight is 128 g/mol. The topological polar surface area (TPSA) is 36.3 Å². The molecule has 0 bridgehead atoms. The normalized spacial score (nSPS) is 9.11. The van der Waals surface area contributed by atoms with Gasteiger partial charge in [-0.25, -0.2) is 0 Å². The van der Waals surface area contributed by atoms with Crippen molar-refractivity contribution in [2.75, 3.05) is 27.2 Å². The molecule has 0 atom stereocenters. The van der Waals surface area contributed by atoms with Crippen LogP contribution in [-0.2, 0) is 4.74 Å². The van der Waals surface area contributed by atoms with Crippen molar-refractivity contribution in [3.63, 3.8) is 0 Å². The molecule has 3 nitrogen and oxygen atoms in total. The van der Waals surface area contributed by atoms with Gasteiger partial charge in [-0.3, -0.25) is 0 Å². The summed E-state index contributed by atoms with van der Waals surface area (Å²) in [5, 5.41) is 7.95. The number of rotatable bonds is 4. The average Bonchev–Trinajstić information content (AvgIpc) is 1.80. The Morgan fingerprint density at radius 2 is 2.22 bits per heavy atom. The molecule has 0 radical (unpaired) electrons. The first kappa shape index (κ1) is 8.25. The van der Waals surface area contributed by atoms with E-state index in [-0.39, 0.29) is 0 Å². The first-order valence-corrected chi connectivity index (χ1v) is 2.93. The summed E-state index contributed by atoms with van der Waals surface area (Å²) in [5.74, 6) is 0. The molecule has 0 aliphatic carbocycles. The molecule has 0 saturated heterocycles. The largest absolute Gasteiger partial charge is 0.427 e. The van der Waals surface area contributed by atoms with E-state index in [1.165, 1.54) is 0 Å². The third kappa shape index (κ3) is 7.25. The SMILES string of the molecule is CN(C)CCCOC#N. The number of ether oxygens (including phenoxy) is 1. The summed E-state index contributed by atoms with van der Waals surface area (Å²) in [6.45, 7) is 1.51. The molecule has 52 valence electrons. The molecule has 9 heavy (non-hydrogen) atoms. The molecule has 0 fully saturated rings. The highest BCUT2D eigenvalue weighted by atomic mass is 16.5. The van der Waals surface area contributed by atoms with Crippen molar-refractivity contribution in [3.8, 4) is 6.26 Å². The Labute approximate surface area is 55.8 Å². The zero-order valence-corrected chi connectivity index (χ0v) is 5.92. The van der Waals surface area contributed by atoms with E-state index in [2.05, 4.69) is 9.64 Å². The molecule has 0 aliphatic rings. The van der Waals surface area contributed by atoms with E-state index in [0.717, 1.165) is 13.0 Å². The molecule has 0 unspecified atom stereocenters. The molecule has 0 aromatic rings. The van der Waals surface area contributed by atoms with E-state index >= 15 is 0 Å². The number of nitrogens with zero attached hydrogens (tertiary/aromatic N) is 2. The van der Waals surface area contributed by atoms with Gasteiger partial charge < -0.3 is 9.64 Å². The lowest BCUT2D eigenvalue weighted by Crippen LogP contribution is -2.14. The van der Waals surface area contributed by atoms with Crippen LogP contribution in [0.5, 0.6) is 0 Å². The van der Waals surface area contributed by atoms with Gasteiger partial charge in [-0.15, -0.1) is 0 Å². The quantitative estimate of drug-likeness (QED) is 0.407. The molecule has 0 rings (SSSR count). The molecular formula is C6H12N2O. The van der Waals surface area contributed by atoms with Crippen LogP contribution in [0.2, 0.25) is 0 Å². The van der Waals surface area contributed by atoms with Crippen LogP contribution in [0.1, 0.15) is 6.42 Å². The van der Waals surface area contributed by atoms with Gasteiger partial charge >= 0.3 is 0 Å². The monoisotopic (exact) mass is 128 g/mol. The molecule has 0 spiro atoms. The lowest BCUT2D eigenvalue weighted by atomic mass is 10.4. The van der Waals surface area contributed by atoms with Gasteiger partial charge in [-0.1, -0.05) is 0 Å². The van der Waals surface area contributed by atoms with Gasteiger partial charge in [-0.05, 0) is 20.5 Å². The highest BCUT2D eigenvalue weighted by Gasteiger charge is 1.88. The van der Waals surface area contributed by atoms with Gasteiger partial charge in [0.15, 0.2) is 0 Å². The number of nitriles is 1. The smallest absolute Gasteiger partial charge is 0.286 e. The Morgan fingerprint density at radius 1 is 1.56 bits per heavy atom. The van der Waals surface area contributed by atoms with Crippen molar-refractivity contribution in [2.45, 2.75) is 6.42 Å². The van der Waals surface area contributed by atoms with Gasteiger partial charge in [0, 0.05) is 6.54 Å². The van der Waals surface area contributed by atoms with Crippen LogP contribution in [0.15, 0.2) is 0 Å². The Kier molecular flexibility index (Phi) is 4.94. The van der Waals surface area contributed by atoms with Gasteiger partial charge in [0.2, 0.25) is 0 Å². The summed E-state index contributed by atoms with van der Waals surface area (Å²) >= 11 is 0. The number of hydrogen-bond acceptors (Lipinski definition) is 3. The molecule has 0 N–H and O–H groups in total. The predicted octanol–water partition coefficient (Wildman–Crippen LogP) is 0.436. The minimum absolute atomic E-state index is 0.536. The van der Waals surface area contributed by atoms with Crippen LogP contribution in [-0.4, -0.2) is 32.1 Å². The molecule has 0 aromatic carbocycles. The summed E-state index contributed by atoms with van der Waals surface area (Å²) in [6, 6.07) is 0. The summed E-state index contributed by atoms with van der Waals surface area (Å²) in [6.07, 6.45) is 2.54. The van der Waals surface area contributed by atoms with E-state index in [0.29, 0.717) is 6.61 Å². The molecule has 0 aromatic heterocycles. The molecule has 0 saturated carbocycles. The van der Waals surface area contributed by atoms with Gasteiger partial charge in [0.1, 0.15) is 6.61 Å². The lowest BCUT2D eigenvalue weighted by molar-refractivity contribution is 0.245. The standard InChI is InChI=1S/C6H12N2O/c1-8(2)4-3-5-9-6-7/h3-5H2,1-2H3. The van der Waals surface area contributed by atoms with E-state index in [1.807, 2.05) is 14.1 Å². The zero-order valence-electron chi connectivity index (χ0n) is 5.92. The van der Waals surface area contributed by atoms with E-state index in [4.69, 9.17) is 5.26 Å². The second-order valence-electron chi connectivity index (χ2n) is 2.10. The third-order valence-corrected chi connectivity index (χ3v) is 0.916. The van der Waals surface area contributed by atoms with Crippen LogP contribution in [0.25, 0.3) is 0 Å². The summed E-state index contributed by atoms with van der Waals surface area (Å²) in [5.41, 5.74) is 0. The number of hydrogen-bond donors (Lipinski definition) is 0. The van der Waals surface area contributed by atoms with Crippen molar-refractivity contribution < 1.29 is 4.74 Å². The minimum Gasteiger partial charge on any atom is -0.427 e. The summed E-state index contributed by atoms with van der Waals surface area (Å²) in [7, 11) is 3.98. The van der Waals surface area contributed by atoms with Crippen molar-refractivity contribution in [3.05, 3.63) is 0 Å². The lowest BCUT2D eigenvalue weighted by Gasteiger charge is -2.06. The van der Waals surface area contributed by atoms with Crippen LogP contribution >= 0.6 is 0 Å². The molecule has 0 heterocycles. The highest BCUT2D eigenvalue weighted by Crippen LogP contribution is 1.82. The van der Waals surface area contributed by atoms with Crippen LogP contribution in [0.4, 0.5) is 0 Å². The molecule has 3 heteroatoms. The van der Waals surface area contributed by atoms with E-state index in [9.17, 15) is 0 Å². The third-order valence-electron chi connectivity index (χ3n) is 0.916. The fourth-order valence-corrected chi connectivity index (χ4v) is 0.499. The predicted molar refractivity (Wildman–Crippen MR) is 34.7 cm³/mol. The second-order valence-corrected chi connectivity index (χ2v) is 2.10. The fraction of sp³-hybridized carbons (Fsp3) is 0.833. The van der Waals surface area contributed by atoms with Crippen LogP contribution in [0, 0.1) is 11.5 Å². The second kappa shape index (κ2) is 5.39. The summed E-state index contributed by atoms with van der Waals surface area (Å²) in [4.78, 5) is 2.06. The van der Waals surface area contributed by atoms with E-state index < -0.39 is 0 Å². The fourth-order valence-electron chi connectivity index (χ4n) is 0.499. The van der Waals surface area contributed by atoms with Crippen molar-refractivity contribution in [1.29, 1.82) is 5.26 Å². The molecule has 0 amide bonds. The van der Waals surface area contributed by atoms with Crippen LogP contribution < -0.4 is 0 Å².